The summed E-state index contributed by atoms with van der Waals surface area (Å²) >= 11 is 0. The van der Waals surface area contributed by atoms with Crippen molar-refractivity contribution in [1.29, 1.82) is 5.41 Å². The molecule has 0 aromatic heterocycles. The van der Waals surface area contributed by atoms with Gasteiger partial charge in [-0.1, -0.05) is 49.7 Å². The highest BCUT2D eigenvalue weighted by molar-refractivity contribution is 6.11. The molecule has 6 nitrogen and oxygen atoms in total. The minimum atomic E-state index is -0.831. The van der Waals surface area contributed by atoms with Crippen LogP contribution in [0.3, 0.4) is 0 Å². The highest BCUT2D eigenvalue weighted by Crippen LogP contribution is 2.09. The monoisotopic (exact) mass is 381 g/mol. The first kappa shape index (κ1) is 21.3. The van der Waals surface area contributed by atoms with Crippen LogP contribution in [0.5, 0.6) is 0 Å². The summed E-state index contributed by atoms with van der Waals surface area (Å²) in [5, 5.41) is 22.4. The highest BCUT2D eigenvalue weighted by Gasteiger charge is 2.09. The maximum absolute atomic E-state index is 12.3. The van der Waals surface area contributed by atoms with Gasteiger partial charge in [0.2, 0.25) is 0 Å². The Hall–Kier alpha value is -2.99. The first-order chi connectivity index (χ1) is 13.5. The fourth-order valence-electron chi connectivity index (χ4n) is 2.68. The van der Waals surface area contributed by atoms with E-state index in [2.05, 4.69) is 17.6 Å². The molecule has 28 heavy (non-hydrogen) atoms. The zero-order valence-corrected chi connectivity index (χ0v) is 16.1. The van der Waals surface area contributed by atoms with Crippen LogP contribution in [-0.4, -0.2) is 29.4 Å². The lowest BCUT2D eigenvalue weighted by atomic mass is 10.1. The van der Waals surface area contributed by atoms with Crippen molar-refractivity contribution in [2.45, 2.75) is 39.2 Å². The van der Waals surface area contributed by atoms with Gasteiger partial charge in [0, 0.05) is 24.2 Å². The van der Waals surface area contributed by atoms with Crippen molar-refractivity contribution in [2.75, 3.05) is 6.54 Å². The molecule has 2 rings (SSSR count). The predicted molar refractivity (Wildman–Crippen MR) is 110 cm³/mol. The Morgan fingerprint density at radius 3 is 2.18 bits per heavy atom. The van der Waals surface area contributed by atoms with E-state index in [1.807, 2.05) is 24.3 Å². The van der Waals surface area contributed by atoms with Crippen molar-refractivity contribution in [1.82, 2.24) is 10.6 Å². The Morgan fingerprint density at radius 2 is 1.57 bits per heavy atom. The normalized spacial score (nSPS) is 10.5. The van der Waals surface area contributed by atoms with Gasteiger partial charge >= 0.3 is 5.97 Å². The number of hydrogen-bond donors (Lipinski definition) is 4. The second-order valence-corrected chi connectivity index (χ2v) is 6.65. The molecule has 0 saturated heterocycles. The first-order valence-corrected chi connectivity index (χ1v) is 9.50. The number of benzene rings is 2. The molecule has 2 aromatic rings. The molecule has 0 aliphatic carbocycles. The molecule has 4 N–H and O–H groups in total. The van der Waals surface area contributed by atoms with E-state index >= 15 is 0 Å². The topological polar surface area (TPSA) is 102 Å². The molecular formula is C22H27N3O3. The summed E-state index contributed by atoms with van der Waals surface area (Å²) in [6.07, 6.45) is 3.35. The minimum absolute atomic E-state index is 0.0467. The Morgan fingerprint density at radius 1 is 0.964 bits per heavy atom. The van der Waals surface area contributed by atoms with E-state index in [1.54, 1.807) is 24.3 Å². The highest BCUT2D eigenvalue weighted by atomic mass is 16.4. The second kappa shape index (κ2) is 11.0. The third-order valence-electron chi connectivity index (χ3n) is 4.36. The van der Waals surface area contributed by atoms with Crippen LogP contribution in [0.15, 0.2) is 48.5 Å². The lowest BCUT2D eigenvalue weighted by Gasteiger charge is -2.09. The summed E-state index contributed by atoms with van der Waals surface area (Å²) in [4.78, 5) is 22.8. The quantitative estimate of drug-likeness (QED) is 0.288. The number of carbonyl (C=O) groups is 2. The summed E-state index contributed by atoms with van der Waals surface area (Å²) in [5.74, 6) is -1.08. The Labute approximate surface area is 165 Å². The summed E-state index contributed by atoms with van der Waals surface area (Å²) in [6, 6.07) is 14.7. The van der Waals surface area contributed by atoms with E-state index in [0.717, 1.165) is 24.8 Å². The van der Waals surface area contributed by atoms with Gasteiger partial charge in [-0.25, -0.2) is 0 Å². The van der Waals surface area contributed by atoms with Crippen molar-refractivity contribution in [3.63, 3.8) is 0 Å². The van der Waals surface area contributed by atoms with Crippen LogP contribution in [0.2, 0.25) is 0 Å². The lowest BCUT2D eigenvalue weighted by molar-refractivity contribution is -0.136. The molecule has 0 bridgehead atoms. The number of amidine groups is 1. The van der Waals surface area contributed by atoms with Crippen molar-refractivity contribution >= 4 is 17.7 Å². The van der Waals surface area contributed by atoms with Gasteiger partial charge in [-0.15, -0.1) is 0 Å². The number of carbonyl (C=O) groups excluding carboxylic acids is 1. The molecule has 2 aromatic carbocycles. The van der Waals surface area contributed by atoms with Crippen molar-refractivity contribution < 1.29 is 14.7 Å². The molecule has 0 saturated carbocycles. The first-order valence-electron chi connectivity index (χ1n) is 9.50. The van der Waals surface area contributed by atoms with Crippen LogP contribution in [0, 0.1) is 5.41 Å². The molecule has 0 unspecified atom stereocenters. The van der Waals surface area contributed by atoms with Crippen LogP contribution in [0.25, 0.3) is 0 Å². The smallest absolute Gasteiger partial charge is 0.304 e. The van der Waals surface area contributed by atoms with Crippen LogP contribution >= 0.6 is 0 Å². The fraction of sp³-hybridized carbons (Fsp3) is 0.318. The molecular weight excluding hydrogens is 354 g/mol. The average molecular weight is 381 g/mol. The molecule has 0 aliphatic rings. The summed E-state index contributed by atoms with van der Waals surface area (Å²) in [5.41, 5.74) is 3.34. The van der Waals surface area contributed by atoms with Gasteiger partial charge in [-0.2, -0.15) is 0 Å². The van der Waals surface area contributed by atoms with Crippen LogP contribution in [0.4, 0.5) is 0 Å². The Kier molecular flexibility index (Phi) is 8.37. The zero-order chi connectivity index (χ0) is 20.4. The zero-order valence-electron chi connectivity index (χ0n) is 16.1. The van der Waals surface area contributed by atoms with Gasteiger partial charge in [-0.3, -0.25) is 15.0 Å². The molecule has 0 fully saturated rings. The maximum atomic E-state index is 12.3. The largest absolute Gasteiger partial charge is 0.481 e. The number of nitrogens with one attached hydrogen (secondary N) is 3. The fourth-order valence-corrected chi connectivity index (χ4v) is 2.68. The van der Waals surface area contributed by atoms with E-state index in [0.29, 0.717) is 24.2 Å². The van der Waals surface area contributed by atoms with Crippen molar-refractivity contribution in [2.24, 2.45) is 0 Å². The summed E-state index contributed by atoms with van der Waals surface area (Å²) < 4.78 is 0. The van der Waals surface area contributed by atoms with E-state index in [4.69, 9.17) is 10.5 Å². The van der Waals surface area contributed by atoms with E-state index in [-0.39, 0.29) is 18.2 Å². The number of unbranched alkanes of at least 4 members (excludes halogenated alkanes) is 1. The molecule has 6 heteroatoms. The number of aryl methyl sites for hydroxylation is 1. The number of hydrogen-bond acceptors (Lipinski definition) is 4. The second-order valence-electron chi connectivity index (χ2n) is 6.65. The number of rotatable bonds is 10. The van der Waals surface area contributed by atoms with Crippen LogP contribution in [0.1, 0.15) is 53.2 Å². The van der Waals surface area contributed by atoms with Gasteiger partial charge in [0.15, 0.2) is 0 Å². The van der Waals surface area contributed by atoms with Crippen LogP contribution in [-0.2, 0) is 17.8 Å². The number of aliphatic carboxylic acids is 1. The van der Waals surface area contributed by atoms with Gasteiger partial charge in [-0.05, 0) is 36.1 Å². The van der Waals surface area contributed by atoms with Gasteiger partial charge in [0.05, 0.1) is 6.42 Å². The van der Waals surface area contributed by atoms with Gasteiger partial charge in [0.25, 0.3) is 5.91 Å². The minimum Gasteiger partial charge on any atom is -0.481 e. The van der Waals surface area contributed by atoms with Gasteiger partial charge < -0.3 is 15.7 Å². The number of amides is 1. The maximum Gasteiger partial charge on any atom is 0.304 e. The number of carboxylic acids is 1. The van der Waals surface area contributed by atoms with Crippen molar-refractivity contribution in [3.8, 4) is 0 Å². The third-order valence-corrected chi connectivity index (χ3v) is 4.36. The third kappa shape index (κ3) is 6.96. The molecule has 0 radical (unpaired) electrons. The van der Waals surface area contributed by atoms with Gasteiger partial charge in [0.1, 0.15) is 5.84 Å². The molecule has 0 atom stereocenters. The van der Waals surface area contributed by atoms with Crippen molar-refractivity contribution in [3.05, 3.63) is 70.8 Å². The standard InChI is InChI=1S/C22H27N3O3/c1-2-3-4-16-5-11-19(12-6-16)22(28)25-21(23)18-9-7-17(8-10-18)15-24-14-13-20(26)27/h5-12,24H,2-4,13-15H2,1H3,(H,26,27)(H2,23,25,28). The van der Waals surface area contributed by atoms with E-state index < -0.39 is 5.97 Å². The van der Waals surface area contributed by atoms with Crippen LogP contribution < -0.4 is 10.6 Å². The molecule has 0 heterocycles. The Bertz CT molecular complexity index is 799. The average Bonchev–Trinajstić information content (AvgIpc) is 2.70. The molecule has 148 valence electrons. The SMILES string of the molecule is CCCCc1ccc(C(=O)NC(=N)c2ccc(CNCCC(=O)O)cc2)cc1. The summed E-state index contributed by atoms with van der Waals surface area (Å²) in [6.45, 7) is 3.10. The predicted octanol–water partition coefficient (Wildman–Crippen LogP) is 3.35. The Balaban J connectivity index is 1.86. The molecule has 0 spiro atoms. The number of carboxylic acid groups (broad SMARTS) is 1. The summed E-state index contributed by atoms with van der Waals surface area (Å²) in [7, 11) is 0. The van der Waals surface area contributed by atoms with E-state index in [1.165, 1.54) is 5.56 Å². The lowest BCUT2D eigenvalue weighted by Crippen LogP contribution is -2.30. The van der Waals surface area contributed by atoms with E-state index in [9.17, 15) is 9.59 Å². The molecule has 1 amide bonds. The molecule has 0 aliphatic heterocycles.